The Morgan fingerprint density at radius 2 is 2.36 bits per heavy atom. The Kier molecular flexibility index (Phi) is 3.10. The monoisotopic (exact) mass is 198 g/mol. The van der Waals surface area contributed by atoms with Gasteiger partial charge in [-0.25, -0.2) is 0 Å². The maximum atomic E-state index is 9.61. The fourth-order valence-corrected chi connectivity index (χ4v) is 2.99. The van der Waals surface area contributed by atoms with E-state index in [1.165, 1.54) is 25.8 Å². The predicted octanol–water partition coefficient (Wildman–Crippen LogP) is 0.443. The van der Waals surface area contributed by atoms with Crippen molar-refractivity contribution in [1.29, 1.82) is 0 Å². The highest BCUT2D eigenvalue weighted by atomic mass is 16.3. The number of aliphatic hydroxyl groups is 1. The molecule has 2 unspecified atom stereocenters. The molecular formula is C11H22N2O. The van der Waals surface area contributed by atoms with E-state index < -0.39 is 0 Å². The summed E-state index contributed by atoms with van der Waals surface area (Å²) >= 11 is 0. The molecule has 0 radical (unpaired) electrons. The van der Waals surface area contributed by atoms with E-state index in [1.807, 2.05) is 0 Å². The molecule has 0 bridgehead atoms. The zero-order valence-corrected chi connectivity index (χ0v) is 9.13. The first-order valence-electron chi connectivity index (χ1n) is 5.81. The third-order valence-corrected chi connectivity index (χ3v) is 3.98. The molecule has 2 aliphatic rings. The fraction of sp³-hybridized carbons (Fsp3) is 1.00. The lowest BCUT2D eigenvalue weighted by molar-refractivity contribution is 0.0803. The third kappa shape index (κ3) is 1.81. The van der Waals surface area contributed by atoms with Gasteiger partial charge in [0, 0.05) is 12.1 Å². The van der Waals surface area contributed by atoms with Gasteiger partial charge in [-0.2, -0.15) is 0 Å². The van der Waals surface area contributed by atoms with E-state index in [0.29, 0.717) is 12.5 Å². The zero-order valence-electron chi connectivity index (χ0n) is 9.13. The van der Waals surface area contributed by atoms with Gasteiger partial charge in [0.15, 0.2) is 0 Å². The second-order valence-electron chi connectivity index (χ2n) is 4.95. The summed E-state index contributed by atoms with van der Waals surface area (Å²) in [5.41, 5.74) is 0.0447. The molecule has 2 heterocycles. The van der Waals surface area contributed by atoms with Crippen LogP contribution in [0.2, 0.25) is 0 Å². The molecule has 2 rings (SSSR count). The SMILES string of the molecule is CN1CCC(C2(CO)CCCCN2)C1. The van der Waals surface area contributed by atoms with E-state index in [2.05, 4.69) is 17.3 Å². The molecule has 2 N–H and O–H groups in total. The van der Waals surface area contributed by atoms with Crippen LogP contribution >= 0.6 is 0 Å². The van der Waals surface area contributed by atoms with Crippen molar-refractivity contribution < 1.29 is 5.11 Å². The van der Waals surface area contributed by atoms with Crippen molar-refractivity contribution in [2.24, 2.45) is 5.92 Å². The van der Waals surface area contributed by atoms with Gasteiger partial charge >= 0.3 is 0 Å². The lowest BCUT2D eigenvalue weighted by Crippen LogP contribution is -2.57. The van der Waals surface area contributed by atoms with E-state index in [4.69, 9.17) is 0 Å². The summed E-state index contributed by atoms with van der Waals surface area (Å²) in [7, 11) is 2.17. The van der Waals surface area contributed by atoms with Crippen molar-refractivity contribution >= 4 is 0 Å². The molecule has 0 aliphatic carbocycles. The van der Waals surface area contributed by atoms with Crippen LogP contribution in [0.4, 0.5) is 0 Å². The van der Waals surface area contributed by atoms with Crippen molar-refractivity contribution in [2.45, 2.75) is 31.2 Å². The van der Waals surface area contributed by atoms with E-state index in [0.717, 1.165) is 19.5 Å². The minimum absolute atomic E-state index is 0.0447. The van der Waals surface area contributed by atoms with Crippen molar-refractivity contribution in [3.8, 4) is 0 Å². The van der Waals surface area contributed by atoms with Crippen LogP contribution < -0.4 is 5.32 Å². The van der Waals surface area contributed by atoms with Gasteiger partial charge in [0.25, 0.3) is 0 Å². The van der Waals surface area contributed by atoms with Gasteiger partial charge in [-0.1, -0.05) is 6.42 Å². The normalized spacial score (nSPS) is 40.3. The van der Waals surface area contributed by atoms with Crippen molar-refractivity contribution in [3.05, 3.63) is 0 Å². The number of nitrogens with zero attached hydrogens (tertiary/aromatic N) is 1. The van der Waals surface area contributed by atoms with Gasteiger partial charge in [0.05, 0.1) is 6.61 Å². The van der Waals surface area contributed by atoms with Crippen molar-refractivity contribution in [2.75, 3.05) is 33.3 Å². The van der Waals surface area contributed by atoms with Crippen LogP contribution in [0.15, 0.2) is 0 Å². The first kappa shape index (κ1) is 10.4. The van der Waals surface area contributed by atoms with Crippen LogP contribution in [-0.2, 0) is 0 Å². The topological polar surface area (TPSA) is 35.5 Å². The molecule has 0 aromatic carbocycles. The Labute approximate surface area is 86.5 Å². The summed E-state index contributed by atoms with van der Waals surface area (Å²) < 4.78 is 0. The van der Waals surface area contributed by atoms with Crippen LogP contribution in [0.25, 0.3) is 0 Å². The minimum Gasteiger partial charge on any atom is -0.394 e. The number of nitrogens with one attached hydrogen (secondary N) is 1. The van der Waals surface area contributed by atoms with E-state index in [-0.39, 0.29) is 5.54 Å². The van der Waals surface area contributed by atoms with Crippen molar-refractivity contribution in [1.82, 2.24) is 10.2 Å². The number of piperidine rings is 1. The molecule has 3 nitrogen and oxygen atoms in total. The lowest BCUT2D eigenvalue weighted by atomic mass is 9.77. The summed E-state index contributed by atoms with van der Waals surface area (Å²) in [6.45, 7) is 3.73. The third-order valence-electron chi connectivity index (χ3n) is 3.98. The number of hydrogen-bond acceptors (Lipinski definition) is 3. The molecule has 0 amide bonds. The summed E-state index contributed by atoms with van der Waals surface area (Å²) in [5.74, 6) is 0.651. The van der Waals surface area contributed by atoms with Gasteiger partial charge in [-0.15, -0.1) is 0 Å². The quantitative estimate of drug-likeness (QED) is 0.676. The molecule has 0 aromatic rings. The highest BCUT2D eigenvalue weighted by molar-refractivity contribution is 4.99. The second kappa shape index (κ2) is 4.17. The van der Waals surface area contributed by atoms with Crippen LogP contribution in [0, 0.1) is 5.92 Å². The molecular weight excluding hydrogens is 176 g/mol. The minimum atomic E-state index is 0.0447. The Balaban J connectivity index is 2.03. The maximum absolute atomic E-state index is 9.61. The highest BCUT2D eigenvalue weighted by Crippen LogP contribution is 2.32. The smallest absolute Gasteiger partial charge is 0.0616 e. The molecule has 82 valence electrons. The molecule has 2 saturated heterocycles. The van der Waals surface area contributed by atoms with Crippen molar-refractivity contribution in [3.63, 3.8) is 0 Å². The van der Waals surface area contributed by atoms with E-state index >= 15 is 0 Å². The number of likely N-dealkylation sites (tertiary alicyclic amines) is 1. The Bertz CT molecular complexity index is 190. The largest absolute Gasteiger partial charge is 0.394 e. The Morgan fingerprint density at radius 3 is 2.86 bits per heavy atom. The Hall–Kier alpha value is -0.120. The van der Waals surface area contributed by atoms with Crippen LogP contribution in [0.1, 0.15) is 25.7 Å². The molecule has 3 heteroatoms. The van der Waals surface area contributed by atoms with Gasteiger partial charge < -0.3 is 15.3 Å². The average Bonchev–Trinajstić information content (AvgIpc) is 2.66. The Morgan fingerprint density at radius 1 is 1.50 bits per heavy atom. The number of hydrogen-bond donors (Lipinski definition) is 2. The van der Waals surface area contributed by atoms with Gasteiger partial charge in [-0.3, -0.25) is 0 Å². The van der Waals surface area contributed by atoms with Crippen LogP contribution in [0.3, 0.4) is 0 Å². The lowest BCUT2D eigenvalue weighted by Gasteiger charge is -2.41. The molecule has 2 fully saturated rings. The summed E-state index contributed by atoms with van der Waals surface area (Å²) in [6, 6.07) is 0. The maximum Gasteiger partial charge on any atom is 0.0616 e. The molecule has 0 aromatic heterocycles. The molecule has 0 spiro atoms. The number of aliphatic hydroxyl groups excluding tert-OH is 1. The van der Waals surface area contributed by atoms with E-state index in [1.54, 1.807) is 0 Å². The van der Waals surface area contributed by atoms with Crippen LogP contribution in [-0.4, -0.2) is 48.8 Å². The standard InChI is InChI=1S/C11H22N2O/c1-13-7-4-10(8-13)11(9-14)5-2-3-6-12-11/h10,12,14H,2-9H2,1H3. The summed E-state index contributed by atoms with van der Waals surface area (Å²) in [6.07, 6.45) is 4.93. The second-order valence-corrected chi connectivity index (χ2v) is 4.95. The average molecular weight is 198 g/mol. The van der Waals surface area contributed by atoms with Gasteiger partial charge in [-0.05, 0) is 45.3 Å². The molecule has 14 heavy (non-hydrogen) atoms. The first-order chi connectivity index (χ1) is 6.77. The molecule has 0 saturated carbocycles. The van der Waals surface area contributed by atoms with E-state index in [9.17, 15) is 5.11 Å². The summed E-state index contributed by atoms with van der Waals surface area (Å²) in [4.78, 5) is 2.37. The van der Waals surface area contributed by atoms with Gasteiger partial charge in [0.1, 0.15) is 0 Å². The summed E-state index contributed by atoms with van der Waals surface area (Å²) in [5, 5.41) is 13.2. The zero-order chi connectivity index (χ0) is 10.0. The molecule has 2 atom stereocenters. The number of rotatable bonds is 2. The first-order valence-corrected chi connectivity index (χ1v) is 5.81. The van der Waals surface area contributed by atoms with Gasteiger partial charge in [0.2, 0.25) is 0 Å². The molecule has 2 aliphatic heterocycles. The predicted molar refractivity (Wildman–Crippen MR) is 57.3 cm³/mol. The highest BCUT2D eigenvalue weighted by Gasteiger charge is 2.41. The van der Waals surface area contributed by atoms with Crippen LogP contribution in [0.5, 0.6) is 0 Å². The fourth-order valence-electron chi connectivity index (χ4n) is 2.99.